The Bertz CT molecular complexity index is 514. The topological polar surface area (TPSA) is 95.6 Å². The summed E-state index contributed by atoms with van der Waals surface area (Å²) in [6.45, 7) is 7.90. The van der Waals surface area contributed by atoms with E-state index in [1.54, 1.807) is 13.8 Å². The zero-order valence-electron chi connectivity index (χ0n) is 13.3. The Labute approximate surface area is 126 Å². The molecule has 1 fully saturated rings. The molecule has 1 unspecified atom stereocenters. The van der Waals surface area contributed by atoms with Crippen LogP contribution >= 0.6 is 0 Å². The predicted molar refractivity (Wildman–Crippen MR) is 80.0 cm³/mol. The third kappa shape index (κ3) is 4.67. The van der Waals surface area contributed by atoms with Gasteiger partial charge < -0.3 is 10.2 Å². The Morgan fingerprint density at radius 3 is 2.48 bits per heavy atom. The molecule has 2 N–H and O–H groups in total. The van der Waals surface area contributed by atoms with Gasteiger partial charge in [0.25, 0.3) is 0 Å². The highest BCUT2D eigenvalue weighted by atomic mass is 32.2. The number of hydrogen-bond acceptors (Lipinski definition) is 4. The summed E-state index contributed by atoms with van der Waals surface area (Å²) in [5.41, 5.74) is -0.982. The number of nitrogens with one attached hydrogen (secondary N) is 2. The minimum absolute atomic E-state index is 0.148. The van der Waals surface area contributed by atoms with E-state index in [2.05, 4.69) is 10.0 Å². The molecule has 1 atom stereocenters. The quantitative estimate of drug-likeness (QED) is 0.726. The van der Waals surface area contributed by atoms with Gasteiger partial charge in [-0.15, -0.1) is 0 Å². The van der Waals surface area contributed by atoms with Crippen molar-refractivity contribution in [3.05, 3.63) is 0 Å². The number of nitrogens with zero attached hydrogens (tertiary/aromatic N) is 1. The predicted octanol–water partition coefficient (Wildman–Crippen LogP) is -0.313. The van der Waals surface area contributed by atoms with E-state index >= 15 is 0 Å². The van der Waals surface area contributed by atoms with Gasteiger partial charge in [-0.2, -0.15) is 0 Å². The molecule has 0 saturated carbocycles. The molecule has 1 aliphatic rings. The van der Waals surface area contributed by atoms with Crippen molar-refractivity contribution in [1.82, 2.24) is 14.9 Å². The largest absolute Gasteiger partial charge is 0.352 e. The van der Waals surface area contributed by atoms with Gasteiger partial charge in [-0.25, -0.2) is 13.1 Å². The Kier molecular flexibility index (Phi) is 5.38. The highest BCUT2D eigenvalue weighted by Gasteiger charge is 2.42. The maximum absolute atomic E-state index is 12.7. The molecule has 2 amide bonds. The molecule has 1 aliphatic heterocycles. The monoisotopic (exact) mass is 319 g/mol. The minimum Gasteiger partial charge on any atom is -0.352 e. The number of rotatable bonds is 5. The van der Waals surface area contributed by atoms with E-state index in [-0.39, 0.29) is 17.7 Å². The van der Waals surface area contributed by atoms with Gasteiger partial charge in [0, 0.05) is 13.1 Å². The third-order valence-electron chi connectivity index (χ3n) is 3.48. The third-order valence-corrected chi connectivity index (χ3v) is 4.19. The van der Waals surface area contributed by atoms with Crippen LogP contribution in [0.4, 0.5) is 0 Å². The second kappa shape index (κ2) is 6.31. The van der Waals surface area contributed by atoms with E-state index in [0.29, 0.717) is 19.5 Å². The summed E-state index contributed by atoms with van der Waals surface area (Å²) < 4.78 is 25.3. The van der Waals surface area contributed by atoms with Crippen LogP contribution < -0.4 is 10.0 Å². The molecule has 0 bridgehead atoms. The number of sulfonamides is 1. The first-order valence-corrected chi connectivity index (χ1v) is 8.91. The first-order chi connectivity index (χ1) is 9.45. The first kappa shape index (κ1) is 17.9. The normalized spacial score (nSPS) is 20.3. The Morgan fingerprint density at radius 2 is 2.00 bits per heavy atom. The van der Waals surface area contributed by atoms with E-state index in [0.717, 1.165) is 6.26 Å². The SMILES string of the molecule is CC(C)CC(NS(C)(=O)=O)C(=O)N1CCNC(=O)C1(C)C. The van der Waals surface area contributed by atoms with Gasteiger partial charge in [-0.05, 0) is 26.2 Å². The molecular weight excluding hydrogens is 294 g/mol. The summed E-state index contributed by atoms with van der Waals surface area (Å²) in [5.74, 6) is -0.436. The molecule has 0 aliphatic carbocycles. The molecule has 1 rings (SSSR count). The highest BCUT2D eigenvalue weighted by Crippen LogP contribution is 2.20. The average molecular weight is 319 g/mol. The lowest BCUT2D eigenvalue weighted by Gasteiger charge is -2.42. The summed E-state index contributed by atoms with van der Waals surface area (Å²) in [6, 6.07) is -0.842. The van der Waals surface area contributed by atoms with E-state index < -0.39 is 21.6 Å². The lowest BCUT2D eigenvalue weighted by Crippen LogP contribution is -2.66. The van der Waals surface area contributed by atoms with Crippen LogP contribution in [0.5, 0.6) is 0 Å². The Morgan fingerprint density at radius 1 is 1.43 bits per heavy atom. The minimum atomic E-state index is -3.50. The van der Waals surface area contributed by atoms with Crippen LogP contribution in [0.25, 0.3) is 0 Å². The Balaban J connectivity index is 3.01. The van der Waals surface area contributed by atoms with Gasteiger partial charge in [-0.1, -0.05) is 13.8 Å². The van der Waals surface area contributed by atoms with E-state index in [9.17, 15) is 18.0 Å². The molecule has 0 aromatic heterocycles. The molecular formula is C13H25N3O4S. The molecule has 0 aromatic rings. The van der Waals surface area contributed by atoms with Crippen molar-refractivity contribution in [2.24, 2.45) is 5.92 Å². The molecule has 7 nitrogen and oxygen atoms in total. The van der Waals surface area contributed by atoms with Crippen LogP contribution in [-0.2, 0) is 19.6 Å². The lowest BCUT2D eigenvalue weighted by atomic mass is 9.96. The van der Waals surface area contributed by atoms with Crippen molar-refractivity contribution in [2.45, 2.75) is 45.7 Å². The molecule has 0 radical (unpaired) electrons. The fraction of sp³-hybridized carbons (Fsp3) is 0.846. The highest BCUT2D eigenvalue weighted by molar-refractivity contribution is 7.88. The van der Waals surface area contributed by atoms with Gasteiger partial charge >= 0.3 is 0 Å². The molecule has 1 saturated heterocycles. The van der Waals surface area contributed by atoms with Gasteiger partial charge in [0.05, 0.1) is 6.26 Å². The fourth-order valence-corrected chi connectivity index (χ4v) is 3.12. The second-order valence-corrected chi connectivity index (χ2v) is 8.16. The smallest absolute Gasteiger partial charge is 0.245 e. The van der Waals surface area contributed by atoms with Gasteiger partial charge in [0.1, 0.15) is 11.6 Å². The summed E-state index contributed by atoms with van der Waals surface area (Å²) in [4.78, 5) is 26.1. The van der Waals surface area contributed by atoms with Crippen LogP contribution in [-0.4, -0.2) is 56.1 Å². The van der Waals surface area contributed by atoms with Crippen molar-refractivity contribution < 1.29 is 18.0 Å². The number of hydrogen-bond donors (Lipinski definition) is 2. The average Bonchev–Trinajstić information content (AvgIpc) is 2.28. The maximum Gasteiger partial charge on any atom is 0.245 e. The van der Waals surface area contributed by atoms with Crippen molar-refractivity contribution in [3.8, 4) is 0 Å². The molecule has 0 aromatic carbocycles. The lowest BCUT2D eigenvalue weighted by molar-refractivity contribution is -0.150. The van der Waals surface area contributed by atoms with Gasteiger partial charge in [0.2, 0.25) is 21.8 Å². The van der Waals surface area contributed by atoms with Crippen molar-refractivity contribution in [1.29, 1.82) is 0 Å². The van der Waals surface area contributed by atoms with E-state index in [1.807, 2.05) is 13.8 Å². The molecule has 21 heavy (non-hydrogen) atoms. The zero-order chi connectivity index (χ0) is 16.4. The number of amides is 2. The number of piperazine rings is 1. The van der Waals surface area contributed by atoms with Crippen LogP contribution in [0.15, 0.2) is 0 Å². The molecule has 122 valence electrons. The fourth-order valence-electron chi connectivity index (χ4n) is 2.40. The molecule has 8 heteroatoms. The summed E-state index contributed by atoms with van der Waals surface area (Å²) in [5, 5.41) is 2.71. The van der Waals surface area contributed by atoms with Crippen LogP contribution in [0.1, 0.15) is 34.1 Å². The number of carbonyl (C=O) groups excluding carboxylic acids is 2. The molecule has 1 heterocycles. The maximum atomic E-state index is 12.7. The molecule has 0 spiro atoms. The van der Waals surface area contributed by atoms with Gasteiger partial charge in [0.15, 0.2) is 0 Å². The van der Waals surface area contributed by atoms with E-state index in [4.69, 9.17) is 0 Å². The van der Waals surface area contributed by atoms with Crippen LogP contribution in [0, 0.1) is 5.92 Å². The first-order valence-electron chi connectivity index (χ1n) is 7.02. The van der Waals surface area contributed by atoms with Crippen LogP contribution in [0.2, 0.25) is 0 Å². The second-order valence-electron chi connectivity index (χ2n) is 6.38. The summed E-state index contributed by atoms with van der Waals surface area (Å²) in [6.07, 6.45) is 1.42. The number of carbonyl (C=O) groups is 2. The van der Waals surface area contributed by atoms with Crippen molar-refractivity contribution >= 4 is 21.8 Å². The standard InChI is InChI=1S/C13H25N3O4S/c1-9(2)8-10(15-21(5,19)20)11(17)16-7-6-14-12(18)13(16,3)4/h9-10,15H,6-8H2,1-5H3,(H,14,18). The summed E-state index contributed by atoms with van der Waals surface area (Å²) >= 11 is 0. The van der Waals surface area contributed by atoms with Crippen molar-refractivity contribution in [2.75, 3.05) is 19.3 Å². The van der Waals surface area contributed by atoms with Gasteiger partial charge in [-0.3, -0.25) is 9.59 Å². The van der Waals surface area contributed by atoms with E-state index in [1.165, 1.54) is 4.90 Å². The zero-order valence-corrected chi connectivity index (χ0v) is 14.1. The summed E-state index contributed by atoms with van der Waals surface area (Å²) in [7, 11) is -3.50. The van der Waals surface area contributed by atoms with Crippen LogP contribution in [0.3, 0.4) is 0 Å². The van der Waals surface area contributed by atoms with Crippen molar-refractivity contribution in [3.63, 3.8) is 0 Å². The Hall–Kier alpha value is -1.15.